The summed E-state index contributed by atoms with van der Waals surface area (Å²) in [4.78, 5) is 32.6. The highest BCUT2D eigenvalue weighted by atomic mass is 19.1. The molecule has 3 aromatic rings. The lowest BCUT2D eigenvalue weighted by atomic mass is 10.0. The van der Waals surface area contributed by atoms with Gasteiger partial charge in [-0.3, -0.25) is 4.79 Å². The molecule has 4 heterocycles. The molecule has 2 atom stereocenters. The number of nitrogens with zero attached hydrogens (tertiary/aromatic N) is 5. The highest BCUT2D eigenvalue weighted by Gasteiger charge is 2.31. The minimum Gasteiger partial charge on any atom is -0.460 e. The zero-order chi connectivity index (χ0) is 24.5. The van der Waals surface area contributed by atoms with Crippen LogP contribution in [0.3, 0.4) is 0 Å². The van der Waals surface area contributed by atoms with E-state index in [9.17, 15) is 18.4 Å². The second-order valence-electron chi connectivity index (χ2n) is 8.76. The number of urea groups is 1. The summed E-state index contributed by atoms with van der Waals surface area (Å²) in [6.45, 7) is 3.17. The summed E-state index contributed by atoms with van der Waals surface area (Å²) < 4.78 is 35.2. The lowest BCUT2D eigenvalue weighted by molar-refractivity contribution is -0.147. The molecule has 2 amide bonds. The maximum absolute atomic E-state index is 14.5. The van der Waals surface area contributed by atoms with Crippen LogP contribution in [-0.2, 0) is 9.53 Å². The van der Waals surface area contributed by atoms with E-state index in [1.807, 2.05) is 4.90 Å². The Bertz CT molecular complexity index is 1270. The van der Waals surface area contributed by atoms with Gasteiger partial charge in [0.05, 0.1) is 18.8 Å². The summed E-state index contributed by atoms with van der Waals surface area (Å²) in [6, 6.07) is 4.60. The molecule has 9 nitrogen and oxygen atoms in total. The molecule has 0 radical (unpaired) electrons. The smallest absolute Gasteiger partial charge is 0.322 e. The number of anilines is 2. The normalized spacial score (nSPS) is 20.0. The van der Waals surface area contributed by atoms with E-state index in [-0.39, 0.29) is 24.1 Å². The monoisotopic (exact) mass is 484 g/mol. The molecule has 2 fully saturated rings. The first-order valence-corrected chi connectivity index (χ1v) is 11.7. The van der Waals surface area contributed by atoms with E-state index in [4.69, 9.17) is 9.72 Å². The molecule has 5 rings (SSSR count). The van der Waals surface area contributed by atoms with Gasteiger partial charge >= 0.3 is 12.0 Å². The summed E-state index contributed by atoms with van der Waals surface area (Å²) in [6.07, 6.45) is 5.30. The van der Waals surface area contributed by atoms with Gasteiger partial charge < -0.3 is 19.9 Å². The summed E-state index contributed by atoms with van der Waals surface area (Å²) in [5.41, 5.74) is 1.17. The molecule has 0 spiro atoms. The molecule has 35 heavy (non-hydrogen) atoms. The minimum absolute atomic E-state index is 0.282. The van der Waals surface area contributed by atoms with Crippen LogP contribution in [-0.4, -0.2) is 57.2 Å². The van der Waals surface area contributed by atoms with Crippen LogP contribution in [0.25, 0.3) is 5.65 Å². The molecule has 0 saturated carbocycles. The van der Waals surface area contributed by atoms with Crippen LogP contribution >= 0.6 is 0 Å². The Balaban J connectivity index is 1.34. The Hall–Kier alpha value is -3.76. The third-order valence-electron chi connectivity index (χ3n) is 6.48. The van der Waals surface area contributed by atoms with Crippen molar-refractivity contribution >= 4 is 29.2 Å². The van der Waals surface area contributed by atoms with Gasteiger partial charge in [-0.25, -0.2) is 23.1 Å². The molecule has 184 valence electrons. The second-order valence-corrected chi connectivity index (χ2v) is 8.76. The number of aromatic nitrogens is 3. The highest BCUT2D eigenvalue weighted by Crippen LogP contribution is 2.37. The van der Waals surface area contributed by atoms with Crippen molar-refractivity contribution in [2.24, 2.45) is 0 Å². The SMILES string of the molecule is CCC(=O)O[C@H]1CCN(C(=O)Nc2cnn3ccc(N4CCC[C@@H]4c4cc(F)ccc4F)nc23)C1. The molecule has 2 saturated heterocycles. The Kier molecular flexibility index (Phi) is 6.23. The van der Waals surface area contributed by atoms with Crippen molar-refractivity contribution in [1.82, 2.24) is 19.5 Å². The standard InChI is InChI=1S/C24H26F2N6O3/c1-2-22(33)35-16-7-10-30(14-16)24(34)28-19-13-27-32-11-8-21(29-23(19)32)31-9-3-4-20(31)17-12-15(25)5-6-18(17)26/h5-6,8,11-13,16,20H,2-4,7,9-10,14H2,1H3,(H,28,34)/t16-,20+/m0/s1. The molecule has 0 aliphatic carbocycles. The van der Waals surface area contributed by atoms with Crippen molar-refractivity contribution in [3.8, 4) is 0 Å². The van der Waals surface area contributed by atoms with Crippen molar-refractivity contribution in [2.45, 2.75) is 44.8 Å². The fourth-order valence-corrected chi connectivity index (χ4v) is 4.71. The molecule has 0 bridgehead atoms. The molecule has 2 aromatic heterocycles. The number of hydrogen-bond acceptors (Lipinski definition) is 6. The Labute approximate surface area is 200 Å². The first-order chi connectivity index (χ1) is 16.9. The van der Waals surface area contributed by atoms with Crippen LogP contribution in [0.5, 0.6) is 0 Å². The average Bonchev–Trinajstić information content (AvgIpc) is 3.60. The zero-order valence-electron chi connectivity index (χ0n) is 19.3. The zero-order valence-corrected chi connectivity index (χ0v) is 19.3. The number of amides is 2. The number of rotatable bonds is 5. The highest BCUT2D eigenvalue weighted by molar-refractivity contribution is 5.93. The fourth-order valence-electron chi connectivity index (χ4n) is 4.71. The first kappa shape index (κ1) is 23.0. The van der Waals surface area contributed by atoms with Gasteiger partial charge in [0.15, 0.2) is 5.65 Å². The number of esters is 1. The number of benzene rings is 1. The van der Waals surface area contributed by atoms with Gasteiger partial charge in [0.2, 0.25) is 0 Å². The average molecular weight is 485 g/mol. The van der Waals surface area contributed by atoms with Gasteiger partial charge in [-0.2, -0.15) is 5.10 Å². The largest absolute Gasteiger partial charge is 0.460 e. The quantitative estimate of drug-likeness (QED) is 0.552. The molecule has 1 aromatic carbocycles. The number of hydrogen-bond donors (Lipinski definition) is 1. The van der Waals surface area contributed by atoms with Crippen molar-refractivity contribution in [3.05, 3.63) is 53.9 Å². The van der Waals surface area contributed by atoms with Crippen LogP contribution in [0.4, 0.5) is 25.1 Å². The van der Waals surface area contributed by atoms with Gasteiger partial charge in [-0.15, -0.1) is 0 Å². The molecule has 0 unspecified atom stereocenters. The van der Waals surface area contributed by atoms with E-state index < -0.39 is 11.6 Å². The van der Waals surface area contributed by atoms with E-state index in [0.717, 1.165) is 18.6 Å². The van der Waals surface area contributed by atoms with E-state index in [2.05, 4.69) is 10.4 Å². The van der Waals surface area contributed by atoms with Crippen LogP contribution in [0.2, 0.25) is 0 Å². The summed E-state index contributed by atoms with van der Waals surface area (Å²) in [5.74, 6) is -0.622. The lowest BCUT2D eigenvalue weighted by Gasteiger charge is -2.26. The van der Waals surface area contributed by atoms with Gasteiger partial charge in [-0.05, 0) is 37.1 Å². The van der Waals surface area contributed by atoms with Gasteiger partial charge in [-0.1, -0.05) is 6.92 Å². The van der Waals surface area contributed by atoms with E-state index in [1.54, 1.807) is 28.6 Å². The molecule has 2 aliphatic heterocycles. The van der Waals surface area contributed by atoms with Crippen LogP contribution in [0.1, 0.15) is 44.2 Å². The van der Waals surface area contributed by atoms with E-state index in [1.165, 1.54) is 12.3 Å². The number of likely N-dealkylation sites (tertiary alicyclic amines) is 1. The van der Waals surface area contributed by atoms with Gasteiger partial charge in [0.1, 0.15) is 29.2 Å². The van der Waals surface area contributed by atoms with Gasteiger partial charge in [0, 0.05) is 37.7 Å². The van der Waals surface area contributed by atoms with Crippen LogP contribution in [0, 0.1) is 11.6 Å². The van der Waals surface area contributed by atoms with E-state index >= 15 is 0 Å². The maximum Gasteiger partial charge on any atom is 0.322 e. The fraction of sp³-hybridized carbons (Fsp3) is 0.417. The maximum atomic E-state index is 14.5. The minimum atomic E-state index is -0.480. The van der Waals surface area contributed by atoms with Crippen molar-refractivity contribution in [3.63, 3.8) is 0 Å². The number of halogens is 2. The van der Waals surface area contributed by atoms with Gasteiger partial charge in [0.25, 0.3) is 0 Å². The second kappa shape index (κ2) is 9.47. The predicted molar refractivity (Wildman–Crippen MR) is 124 cm³/mol. The van der Waals surface area contributed by atoms with Crippen molar-refractivity contribution < 1.29 is 23.1 Å². The number of ether oxygens (including phenoxy) is 1. The molecule has 1 N–H and O–H groups in total. The third-order valence-corrected chi connectivity index (χ3v) is 6.48. The Morgan fingerprint density at radius 2 is 2.06 bits per heavy atom. The predicted octanol–water partition coefficient (Wildman–Crippen LogP) is 3.91. The number of carbonyl (C=O) groups is 2. The molecule has 11 heteroatoms. The number of fused-ring (bicyclic) bond motifs is 1. The topological polar surface area (TPSA) is 92.1 Å². The van der Waals surface area contributed by atoms with Crippen LogP contribution < -0.4 is 10.2 Å². The summed E-state index contributed by atoms with van der Waals surface area (Å²) >= 11 is 0. The Morgan fingerprint density at radius 3 is 2.89 bits per heavy atom. The first-order valence-electron chi connectivity index (χ1n) is 11.7. The summed E-state index contributed by atoms with van der Waals surface area (Å²) in [5, 5.41) is 7.10. The molecular formula is C24H26F2N6O3. The molecular weight excluding hydrogens is 458 g/mol. The summed E-state index contributed by atoms with van der Waals surface area (Å²) in [7, 11) is 0. The van der Waals surface area contributed by atoms with Crippen molar-refractivity contribution in [1.29, 1.82) is 0 Å². The van der Waals surface area contributed by atoms with Crippen LogP contribution in [0.15, 0.2) is 36.7 Å². The molecule has 2 aliphatic rings. The third kappa shape index (κ3) is 4.62. The van der Waals surface area contributed by atoms with Crippen molar-refractivity contribution in [2.75, 3.05) is 29.9 Å². The number of nitrogens with one attached hydrogen (secondary N) is 1. The number of carbonyl (C=O) groups excluding carboxylic acids is 2. The Morgan fingerprint density at radius 1 is 1.20 bits per heavy atom. The van der Waals surface area contributed by atoms with E-state index in [0.29, 0.717) is 61.6 Å². The lowest BCUT2D eigenvalue weighted by Crippen LogP contribution is -2.34.